The number of rotatable bonds is 2. The summed E-state index contributed by atoms with van der Waals surface area (Å²) in [7, 11) is 0. The number of amidine groups is 1. The van der Waals surface area contributed by atoms with Gasteiger partial charge in [0.2, 0.25) is 0 Å². The minimum absolute atomic E-state index is 0.118. The van der Waals surface area contributed by atoms with Crippen LogP contribution in [-0.4, -0.2) is 18.6 Å². The Balaban J connectivity index is 2.63. The third kappa shape index (κ3) is 2.77. The standard InChI is InChI=1S/C14H15ClN2O3/c1-3-20-14-16-11(8(2)15)9-6-4-5-7-10(9)12(17-14)13(18)19/h4-7,12H,3H2,1-2H3,(H,16,17)(H,18,19)/p-1/b11-8-/t12-/m1/s1. The number of aliphatic imine (C=N–C) groups is 1. The Morgan fingerprint density at radius 3 is 2.80 bits per heavy atom. The SMILES string of the molecule is CCOC1=N[C@@H](C(=O)[O-])c2ccccc2/C(=C(\C)Cl)N1. The van der Waals surface area contributed by atoms with Gasteiger partial charge in [-0.2, -0.15) is 0 Å². The number of carboxylic acid groups (broad SMARTS) is 1. The van der Waals surface area contributed by atoms with E-state index >= 15 is 0 Å². The van der Waals surface area contributed by atoms with E-state index in [-0.39, 0.29) is 6.02 Å². The molecule has 1 heterocycles. The fourth-order valence-corrected chi connectivity index (χ4v) is 2.17. The molecule has 0 spiro atoms. The fourth-order valence-electron chi connectivity index (χ4n) is 2.02. The molecule has 1 aromatic carbocycles. The molecule has 0 saturated heterocycles. The summed E-state index contributed by atoms with van der Waals surface area (Å²) in [5.41, 5.74) is 1.77. The second-order valence-electron chi connectivity index (χ2n) is 4.21. The summed E-state index contributed by atoms with van der Waals surface area (Å²) in [5, 5.41) is 14.8. The van der Waals surface area contributed by atoms with Crippen molar-refractivity contribution in [2.24, 2.45) is 4.99 Å². The van der Waals surface area contributed by atoms with Crippen LogP contribution in [0.3, 0.4) is 0 Å². The van der Waals surface area contributed by atoms with Crippen LogP contribution in [0.2, 0.25) is 0 Å². The molecule has 1 N–H and O–H groups in total. The Hall–Kier alpha value is -2.01. The molecule has 0 bridgehead atoms. The zero-order chi connectivity index (χ0) is 14.7. The Kier molecular flexibility index (Phi) is 4.29. The molecule has 1 aromatic rings. The highest BCUT2D eigenvalue weighted by atomic mass is 35.5. The highest BCUT2D eigenvalue weighted by Crippen LogP contribution is 2.31. The van der Waals surface area contributed by atoms with Gasteiger partial charge in [0.1, 0.15) is 6.04 Å². The Morgan fingerprint density at radius 2 is 2.20 bits per heavy atom. The average molecular weight is 294 g/mol. The first-order chi connectivity index (χ1) is 9.54. The van der Waals surface area contributed by atoms with Gasteiger partial charge in [-0.1, -0.05) is 35.9 Å². The summed E-state index contributed by atoms with van der Waals surface area (Å²) in [6, 6.07) is 6.01. The van der Waals surface area contributed by atoms with Crippen molar-refractivity contribution in [3.05, 3.63) is 40.4 Å². The second-order valence-corrected chi connectivity index (χ2v) is 4.78. The van der Waals surface area contributed by atoms with Crippen molar-refractivity contribution in [3.63, 3.8) is 0 Å². The number of carboxylic acids is 1. The van der Waals surface area contributed by atoms with Gasteiger partial charge in [0.25, 0.3) is 6.02 Å². The first kappa shape index (κ1) is 14.4. The van der Waals surface area contributed by atoms with Crippen LogP contribution in [0.4, 0.5) is 0 Å². The number of carbonyl (C=O) groups excluding carboxylic acids is 1. The van der Waals surface area contributed by atoms with E-state index in [1.165, 1.54) is 0 Å². The van der Waals surface area contributed by atoms with E-state index in [4.69, 9.17) is 16.3 Å². The fraction of sp³-hybridized carbons (Fsp3) is 0.286. The molecular formula is C14H14ClN2O3-. The lowest BCUT2D eigenvalue weighted by Crippen LogP contribution is -2.30. The van der Waals surface area contributed by atoms with Crippen molar-refractivity contribution < 1.29 is 14.6 Å². The highest BCUT2D eigenvalue weighted by molar-refractivity contribution is 6.32. The van der Waals surface area contributed by atoms with Crippen LogP contribution in [0.5, 0.6) is 0 Å². The van der Waals surface area contributed by atoms with Crippen molar-refractivity contribution in [3.8, 4) is 0 Å². The van der Waals surface area contributed by atoms with Gasteiger partial charge in [0, 0.05) is 10.6 Å². The Morgan fingerprint density at radius 1 is 1.50 bits per heavy atom. The number of nitrogens with one attached hydrogen (secondary N) is 1. The summed E-state index contributed by atoms with van der Waals surface area (Å²) in [6.07, 6.45) is 0. The number of hydrogen-bond donors (Lipinski definition) is 1. The van der Waals surface area contributed by atoms with Gasteiger partial charge in [0.15, 0.2) is 0 Å². The molecule has 0 aliphatic carbocycles. The molecular weight excluding hydrogens is 280 g/mol. The minimum atomic E-state index is -1.29. The summed E-state index contributed by atoms with van der Waals surface area (Å²) in [6.45, 7) is 3.85. The lowest BCUT2D eigenvalue weighted by molar-refractivity contribution is -0.307. The largest absolute Gasteiger partial charge is 0.547 e. The molecule has 0 unspecified atom stereocenters. The smallest absolute Gasteiger partial charge is 0.290 e. The number of ether oxygens (including phenoxy) is 1. The third-order valence-electron chi connectivity index (χ3n) is 2.85. The molecule has 0 aromatic heterocycles. The lowest BCUT2D eigenvalue weighted by Gasteiger charge is -2.15. The van der Waals surface area contributed by atoms with Gasteiger partial charge in [-0.05, 0) is 19.4 Å². The maximum Gasteiger partial charge on any atom is 0.290 e. The second kappa shape index (κ2) is 5.96. The average Bonchev–Trinajstić information content (AvgIpc) is 2.57. The maximum atomic E-state index is 11.3. The molecule has 0 amide bonds. The molecule has 0 fully saturated rings. The quantitative estimate of drug-likeness (QED) is 0.894. The molecule has 5 nitrogen and oxygen atoms in total. The van der Waals surface area contributed by atoms with Crippen molar-refractivity contribution >= 4 is 29.3 Å². The normalized spacial score (nSPS) is 20.1. The third-order valence-corrected chi connectivity index (χ3v) is 3.04. The number of halogens is 1. The van der Waals surface area contributed by atoms with Crippen LogP contribution in [-0.2, 0) is 9.53 Å². The molecule has 2 rings (SSSR count). The first-order valence-corrected chi connectivity index (χ1v) is 6.56. The van der Waals surface area contributed by atoms with Crippen LogP contribution in [0, 0.1) is 0 Å². The molecule has 1 aliphatic heterocycles. The number of benzene rings is 1. The van der Waals surface area contributed by atoms with Gasteiger partial charge in [0.05, 0.1) is 18.3 Å². The van der Waals surface area contributed by atoms with Gasteiger partial charge in [-0.15, -0.1) is 0 Å². The van der Waals surface area contributed by atoms with Crippen molar-refractivity contribution in [1.29, 1.82) is 0 Å². The molecule has 6 heteroatoms. The molecule has 0 radical (unpaired) electrons. The van der Waals surface area contributed by atoms with Gasteiger partial charge < -0.3 is 20.0 Å². The minimum Gasteiger partial charge on any atom is -0.547 e. The molecule has 20 heavy (non-hydrogen) atoms. The molecule has 1 aliphatic rings. The predicted molar refractivity (Wildman–Crippen MR) is 74.8 cm³/mol. The summed E-state index contributed by atoms with van der Waals surface area (Å²) < 4.78 is 5.31. The van der Waals surface area contributed by atoms with Gasteiger partial charge >= 0.3 is 0 Å². The number of nitrogens with zero attached hydrogens (tertiary/aromatic N) is 1. The number of allylic oxidation sites excluding steroid dienone is 1. The highest BCUT2D eigenvalue weighted by Gasteiger charge is 2.24. The number of fused-ring (bicyclic) bond motifs is 1. The van der Waals surface area contributed by atoms with Crippen LogP contribution in [0.15, 0.2) is 34.3 Å². The van der Waals surface area contributed by atoms with E-state index in [1.54, 1.807) is 38.1 Å². The lowest BCUT2D eigenvalue weighted by atomic mass is 9.98. The monoisotopic (exact) mass is 293 g/mol. The van der Waals surface area contributed by atoms with Crippen LogP contribution in [0.1, 0.15) is 31.0 Å². The van der Waals surface area contributed by atoms with Crippen molar-refractivity contribution in [2.45, 2.75) is 19.9 Å². The van der Waals surface area contributed by atoms with E-state index in [0.717, 1.165) is 0 Å². The van der Waals surface area contributed by atoms with E-state index in [1.807, 2.05) is 0 Å². The summed E-state index contributed by atoms with van der Waals surface area (Å²) in [5.74, 6) is -1.29. The Bertz CT molecular complexity index is 592. The van der Waals surface area contributed by atoms with Crippen LogP contribution < -0.4 is 10.4 Å². The van der Waals surface area contributed by atoms with Crippen LogP contribution in [0.25, 0.3) is 5.70 Å². The van der Waals surface area contributed by atoms with E-state index in [9.17, 15) is 9.90 Å². The van der Waals surface area contributed by atoms with E-state index in [0.29, 0.717) is 28.5 Å². The van der Waals surface area contributed by atoms with E-state index in [2.05, 4.69) is 10.3 Å². The zero-order valence-corrected chi connectivity index (χ0v) is 11.9. The van der Waals surface area contributed by atoms with Crippen molar-refractivity contribution in [2.75, 3.05) is 6.61 Å². The first-order valence-electron chi connectivity index (χ1n) is 6.18. The Labute approximate surface area is 121 Å². The maximum absolute atomic E-state index is 11.3. The van der Waals surface area contributed by atoms with Crippen LogP contribution >= 0.6 is 11.6 Å². The van der Waals surface area contributed by atoms with Crippen molar-refractivity contribution in [1.82, 2.24) is 5.32 Å². The molecule has 0 saturated carbocycles. The predicted octanol–water partition coefficient (Wildman–Crippen LogP) is 1.40. The van der Waals surface area contributed by atoms with Gasteiger partial charge in [-0.25, -0.2) is 4.99 Å². The summed E-state index contributed by atoms with van der Waals surface area (Å²) >= 11 is 6.09. The number of hydrogen-bond acceptors (Lipinski definition) is 5. The topological polar surface area (TPSA) is 73.8 Å². The summed E-state index contributed by atoms with van der Waals surface area (Å²) in [4.78, 5) is 15.4. The molecule has 1 atom stereocenters. The number of carbonyl (C=O) groups is 1. The zero-order valence-electron chi connectivity index (χ0n) is 11.1. The van der Waals surface area contributed by atoms with E-state index < -0.39 is 12.0 Å². The molecule has 106 valence electrons. The van der Waals surface area contributed by atoms with Gasteiger partial charge in [-0.3, -0.25) is 0 Å². The number of aliphatic carboxylic acids is 1.